The fraction of sp³-hybridized carbons (Fsp3) is 0.643. The van der Waals surface area contributed by atoms with Crippen LogP contribution in [0.2, 0.25) is 0 Å². The molecule has 10 heteroatoms. The molecule has 2 rings (SSSR count). The molecule has 0 saturated carbocycles. The van der Waals surface area contributed by atoms with Gasteiger partial charge in [0, 0.05) is 32.1 Å². The molecule has 132 valence electrons. The number of nitro groups is 1. The van der Waals surface area contributed by atoms with E-state index >= 15 is 0 Å². The van der Waals surface area contributed by atoms with Crippen molar-refractivity contribution in [1.82, 2.24) is 20.0 Å². The molecule has 1 aromatic rings. The molecule has 1 aliphatic rings. The van der Waals surface area contributed by atoms with Crippen LogP contribution in [0.15, 0.2) is 12.4 Å². The lowest BCUT2D eigenvalue weighted by atomic mass is 10.0. The third-order valence-corrected chi connectivity index (χ3v) is 3.98. The Kier molecular flexibility index (Phi) is 6.24. The fourth-order valence-corrected chi connectivity index (χ4v) is 2.76. The number of carbonyl (C=O) groups excluding carboxylic acids is 2. The minimum Gasteiger partial charge on any atom is -0.354 e. The first kappa shape index (κ1) is 17.9. The summed E-state index contributed by atoms with van der Waals surface area (Å²) in [4.78, 5) is 35.9. The third kappa shape index (κ3) is 4.75. The Hall–Kier alpha value is -2.49. The SMILES string of the molecule is NCCC(=O)NCC1CCCCN1C(=O)Cn1cc([N+](=O)[O-])cn1. The molecule has 0 aliphatic carbocycles. The topological polar surface area (TPSA) is 136 Å². The van der Waals surface area contributed by atoms with Gasteiger partial charge in [0.05, 0.1) is 4.92 Å². The van der Waals surface area contributed by atoms with Crippen molar-refractivity contribution in [3.05, 3.63) is 22.5 Å². The second kappa shape index (κ2) is 8.39. The highest BCUT2D eigenvalue weighted by atomic mass is 16.6. The maximum absolute atomic E-state index is 12.5. The molecule has 24 heavy (non-hydrogen) atoms. The Labute approximate surface area is 139 Å². The molecule has 1 fully saturated rings. The van der Waals surface area contributed by atoms with Crippen LogP contribution >= 0.6 is 0 Å². The fourth-order valence-electron chi connectivity index (χ4n) is 2.76. The number of amides is 2. The standard InChI is InChI=1S/C14H22N6O4/c15-5-4-13(21)16-7-11-3-1-2-6-19(11)14(22)10-18-9-12(8-17-18)20(23)24/h8-9,11H,1-7,10,15H2,(H,16,21). The molecular weight excluding hydrogens is 316 g/mol. The van der Waals surface area contributed by atoms with Gasteiger partial charge in [-0.15, -0.1) is 0 Å². The van der Waals surface area contributed by atoms with Gasteiger partial charge in [-0.1, -0.05) is 0 Å². The molecule has 0 radical (unpaired) electrons. The predicted octanol–water partition coefficient (Wildman–Crippen LogP) is -0.363. The Bertz CT molecular complexity index is 602. The number of nitrogens with one attached hydrogen (secondary N) is 1. The van der Waals surface area contributed by atoms with E-state index in [4.69, 9.17) is 5.73 Å². The van der Waals surface area contributed by atoms with E-state index in [2.05, 4.69) is 10.4 Å². The van der Waals surface area contributed by atoms with Crippen LogP contribution in [0.25, 0.3) is 0 Å². The van der Waals surface area contributed by atoms with E-state index in [-0.39, 0.29) is 43.1 Å². The number of rotatable bonds is 7. The molecule has 2 amide bonds. The van der Waals surface area contributed by atoms with Crippen molar-refractivity contribution in [3.8, 4) is 0 Å². The number of nitrogens with zero attached hydrogens (tertiary/aromatic N) is 4. The van der Waals surface area contributed by atoms with Crippen molar-refractivity contribution < 1.29 is 14.5 Å². The average molecular weight is 338 g/mol. The van der Waals surface area contributed by atoms with Crippen LogP contribution in [-0.4, -0.2) is 57.1 Å². The summed E-state index contributed by atoms with van der Waals surface area (Å²) in [5.41, 5.74) is 5.19. The van der Waals surface area contributed by atoms with E-state index in [1.54, 1.807) is 4.90 Å². The maximum atomic E-state index is 12.5. The van der Waals surface area contributed by atoms with Crippen LogP contribution < -0.4 is 11.1 Å². The van der Waals surface area contributed by atoms with Crippen LogP contribution in [0.4, 0.5) is 5.69 Å². The van der Waals surface area contributed by atoms with Gasteiger partial charge in [-0.2, -0.15) is 5.10 Å². The quantitative estimate of drug-likeness (QED) is 0.514. The lowest BCUT2D eigenvalue weighted by Gasteiger charge is -2.36. The molecule has 1 aliphatic heterocycles. The zero-order valence-electron chi connectivity index (χ0n) is 13.4. The van der Waals surface area contributed by atoms with Crippen molar-refractivity contribution in [2.75, 3.05) is 19.6 Å². The van der Waals surface area contributed by atoms with Gasteiger partial charge in [-0.3, -0.25) is 24.4 Å². The van der Waals surface area contributed by atoms with Gasteiger partial charge < -0.3 is 16.0 Å². The molecule has 1 saturated heterocycles. The normalized spacial score (nSPS) is 17.5. The van der Waals surface area contributed by atoms with E-state index in [1.807, 2.05) is 0 Å². The highest BCUT2D eigenvalue weighted by Crippen LogP contribution is 2.17. The van der Waals surface area contributed by atoms with E-state index in [0.29, 0.717) is 13.1 Å². The molecule has 10 nitrogen and oxygen atoms in total. The molecule has 1 aromatic heterocycles. The summed E-state index contributed by atoms with van der Waals surface area (Å²) in [6.45, 7) is 1.24. The van der Waals surface area contributed by atoms with Gasteiger partial charge >= 0.3 is 5.69 Å². The number of hydrogen-bond acceptors (Lipinski definition) is 6. The lowest BCUT2D eigenvalue weighted by molar-refractivity contribution is -0.385. The zero-order chi connectivity index (χ0) is 17.5. The van der Waals surface area contributed by atoms with Crippen molar-refractivity contribution >= 4 is 17.5 Å². The number of nitrogens with two attached hydrogens (primary N) is 1. The molecule has 2 heterocycles. The summed E-state index contributed by atoms with van der Waals surface area (Å²) in [6.07, 6.45) is 5.33. The van der Waals surface area contributed by atoms with E-state index in [9.17, 15) is 19.7 Å². The van der Waals surface area contributed by atoms with E-state index < -0.39 is 4.92 Å². The maximum Gasteiger partial charge on any atom is 0.307 e. The Morgan fingerprint density at radius 3 is 2.92 bits per heavy atom. The van der Waals surface area contributed by atoms with Gasteiger partial charge in [0.1, 0.15) is 18.9 Å². The number of hydrogen-bond donors (Lipinski definition) is 2. The molecule has 3 N–H and O–H groups in total. The Morgan fingerprint density at radius 2 is 2.25 bits per heavy atom. The summed E-state index contributed by atoms with van der Waals surface area (Å²) in [7, 11) is 0. The van der Waals surface area contributed by atoms with Crippen LogP contribution in [0.3, 0.4) is 0 Å². The first-order valence-electron chi connectivity index (χ1n) is 7.94. The minimum atomic E-state index is -0.551. The second-order valence-corrected chi connectivity index (χ2v) is 5.73. The second-order valence-electron chi connectivity index (χ2n) is 5.73. The first-order valence-corrected chi connectivity index (χ1v) is 7.94. The molecule has 0 bridgehead atoms. The van der Waals surface area contributed by atoms with Crippen molar-refractivity contribution in [1.29, 1.82) is 0 Å². The smallest absolute Gasteiger partial charge is 0.307 e. The van der Waals surface area contributed by atoms with Gasteiger partial charge in [0.25, 0.3) is 0 Å². The Balaban J connectivity index is 1.93. The molecule has 1 atom stereocenters. The van der Waals surface area contributed by atoms with Crippen LogP contribution in [0.5, 0.6) is 0 Å². The van der Waals surface area contributed by atoms with Crippen molar-refractivity contribution in [3.63, 3.8) is 0 Å². The molecule has 0 spiro atoms. The summed E-state index contributed by atoms with van der Waals surface area (Å²) in [5, 5.41) is 17.3. The van der Waals surface area contributed by atoms with Crippen molar-refractivity contribution in [2.45, 2.75) is 38.3 Å². The van der Waals surface area contributed by atoms with Gasteiger partial charge in [-0.05, 0) is 19.3 Å². The highest BCUT2D eigenvalue weighted by molar-refractivity contribution is 5.77. The van der Waals surface area contributed by atoms with Gasteiger partial charge in [-0.25, -0.2) is 0 Å². The average Bonchev–Trinajstić information content (AvgIpc) is 3.02. The monoisotopic (exact) mass is 338 g/mol. The lowest BCUT2D eigenvalue weighted by Crippen LogP contribution is -2.50. The first-order chi connectivity index (χ1) is 11.5. The Morgan fingerprint density at radius 1 is 1.46 bits per heavy atom. The number of piperidine rings is 1. The van der Waals surface area contributed by atoms with Crippen LogP contribution in [0.1, 0.15) is 25.7 Å². The highest BCUT2D eigenvalue weighted by Gasteiger charge is 2.27. The molecule has 0 aromatic carbocycles. The number of likely N-dealkylation sites (tertiary alicyclic amines) is 1. The van der Waals surface area contributed by atoms with Crippen LogP contribution in [0, 0.1) is 10.1 Å². The van der Waals surface area contributed by atoms with E-state index in [1.165, 1.54) is 10.9 Å². The summed E-state index contributed by atoms with van der Waals surface area (Å²) in [6, 6.07) is -0.0708. The number of aromatic nitrogens is 2. The minimum absolute atomic E-state index is 0.0545. The zero-order valence-corrected chi connectivity index (χ0v) is 13.4. The van der Waals surface area contributed by atoms with Gasteiger partial charge in [0.15, 0.2) is 0 Å². The summed E-state index contributed by atoms with van der Waals surface area (Å²) < 4.78 is 1.26. The largest absolute Gasteiger partial charge is 0.354 e. The summed E-state index contributed by atoms with van der Waals surface area (Å²) in [5.74, 6) is -0.288. The molecular formula is C14H22N6O4. The summed E-state index contributed by atoms with van der Waals surface area (Å²) >= 11 is 0. The molecule has 1 unspecified atom stereocenters. The van der Waals surface area contributed by atoms with Crippen molar-refractivity contribution in [2.24, 2.45) is 5.73 Å². The number of carbonyl (C=O) groups is 2. The van der Waals surface area contributed by atoms with E-state index in [0.717, 1.165) is 25.5 Å². The predicted molar refractivity (Wildman–Crippen MR) is 84.9 cm³/mol. The third-order valence-electron chi connectivity index (χ3n) is 3.98. The van der Waals surface area contributed by atoms with Crippen LogP contribution in [-0.2, 0) is 16.1 Å². The van der Waals surface area contributed by atoms with Gasteiger partial charge in [0.2, 0.25) is 11.8 Å².